The molecule has 0 bridgehead atoms. The fourth-order valence-electron chi connectivity index (χ4n) is 4.15. The second kappa shape index (κ2) is 12.7. The topological polar surface area (TPSA) is 86.8 Å². The van der Waals surface area contributed by atoms with E-state index in [4.69, 9.17) is 0 Å². The molecule has 8 heteroatoms. The molecule has 0 saturated heterocycles. The number of hydrogen-bond acceptors (Lipinski definition) is 4. The van der Waals surface area contributed by atoms with Crippen molar-refractivity contribution in [1.29, 1.82) is 0 Å². The maximum absolute atomic E-state index is 13.4. The molecule has 0 saturated carbocycles. The molecule has 1 N–H and O–H groups in total. The average Bonchev–Trinajstić information content (AvgIpc) is 2.79. The van der Waals surface area contributed by atoms with Crippen LogP contribution in [-0.4, -0.2) is 50.5 Å². The van der Waals surface area contributed by atoms with E-state index in [1.54, 1.807) is 4.90 Å². The lowest BCUT2D eigenvalue weighted by Crippen LogP contribution is -2.49. The molecule has 0 fully saturated rings. The Bertz CT molecular complexity index is 1130. The third-order valence-corrected chi connectivity index (χ3v) is 7.30. The van der Waals surface area contributed by atoms with Gasteiger partial charge in [0.15, 0.2) is 0 Å². The second-order valence-electron chi connectivity index (χ2n) is 9.00. The zero-order valence-corrected chi connectivity index (χ0v) is 22.6. The summed E-state index contributed by atoms with van der Waals surface area (Å²) in [6.45, 7) is 10.5. The number of sulfonamides is 1. The maximum atomic E-state index is 13.4. The minimum atomic E-state index is -3.53. The number of nitrogens with one attached hydrogen (secondary N) is 1. The van der Waals surface area contributed by atoms with Crippen LogP contribution in [0.5, 0.6) is 0 Å². The average molecular weight is 502 g/mol. The molecule has 1 atom stereocenters. The molecule has 192 valence electrons. The van der Waals surface area contributed by atoms with Gasteiger partial charge in [-0.05, 0) is 68.9 Å². The summed E-state index contributed by atoms with van der Waals surface area (Å²) in [6.07, 6.45) is 2.15. The summed E-state index contributed by atoms with van der Waals surface area (Å²) < 4.78 is 26.5. The number of benzene rings is 2. The number of anilines is 1. The lowest BCUT2D eigenvalue weighted by molar-refractivity contribution is -0.141. The first-order valence-corrected chi connectivity index (χ1v) is 14.0. The smallest absolute Gasteiger partial charge is 0.242 e. The molecular weight excluding hydrogens is 462 g/mol. The van der Waals surface area contributed by atoms with Crippen LogP contribution < -0.4 is 9.62 Å². The molecule has 2 rings (SSSR count). The van der Waals surface area contributed by atoms with Crippen LogP contribution in [0.15, 0.2) is 42.5 Å². The van der Waals surface area contributed by atoms with Crippen LogP contribution in [-0.2, 0) is 26.2 Å². The third-order valence-electron chi connectivity index (χ3n) is 6.12. The zero-order valence-electron chi connectivity index (χ0n) is 21.8. The summed E-state index contributed by atoms with van der Waals surface area (Å²) >= 11 is 0. The normalized spacial score (nSPS) is 12.2. The Morgan fingerprint density at radius 2 is 1.69 bits per heavy atom. The molecule has 2 aromatic carbocycles. The van der Waals surface area contributed by atoms with Crippen LogP contribution >= 0.6 is 0 Å². The van der Waals surface area contributed by atoms with Crippen LogP contribution in [0.1, 0.15) is 55.4 Å². The first-order valence-electron chi connectivity index (χ1n) is 12.2. The highest BCUT2D eigenvalue weighted by atomic mass is 32.2. The summed E-state index contributed by atoms with van der Waals surface area (Å²) in [6, 6.07) is 12.9. The van der Waals surface area contributed by atoms with Crippen molar-refractivity contribution in [2.24, 2.45) is 0 Å². The van der Waals surface area contributed by atoms with E-state index in [-0.39, 0.29) is 24.8 Å². The molecule has 0 spiro atoms. The Kier molecular flexibility index (Phi) is 10.3. The molecule has 1 unspecified atom stereocenters. The van der Waals surface area contributed by atoms with Crippen molar-refractivity contribution in [3.05, 3.63) is 64.7 Å². The van der Waals surface area contributed by atoms with Gasteiger partial charge in [0.1, 0.15) is 6.04 Å². The van der Waals surface area contributed by atoms with Gasteiger partial charge in [-0.2, -0.15) is 0 Å². The van der Waals surface area contributed by atoms with Crippen LogP contribution in [0.3, 0.4) is 0 Å². The molecular formula is C27H39N3O4S. The Balaban J connectivity index is 2.25. The van der Waals surface area contributed by atoms with Crippen LogP contribution in [0.4, 0.5) is 5.69 Å². The van der Waals surface area contributed by atoms with Crippen molar-refractivity contribution in [1.82, 2.24) is 10.2 Å². The van der Waals surface area contributed by atoms with Gasteiger partial charge >= 0.3 is 0 Å². The van der Waals surface area contributed by atoms with Gasteiger partial charge in [-0.3, -0.25) is 13.9 Å². The number of likely N-dealkylation sites (N-methyl/N-ethyl adjacent to an activating group) is 1. The van der Waals surface area contributed by atoms with E-state index in [2.05, 4.69) is 5.32 Å². The van der Waals surface area contributed by atoms with Crippen molar-refractivity contribution in [3.63, 3.8) is 0 Å². The number of rotatable bonds is 12. The highest BCUT2D eigenvalue weighted by molar-refractivity contribution is 7.92. The van der Waals surface area contributed by atoms with Crippen molar-refractivity contribution >= 4 is 27.5 Å². The predicted molar refractivity (Wildman–Crippen MR) is 142 cm³/mol. The molecule has 7 nitrogen and oxygen atoms in total. The van der Waals surface area contributed by atoms with Crippen LogP contribution in [0, 0.1) is 20.8 Å². The van der Waals surface area contributed by atoms with Gasteiger partial charge in [0.25, 0.3) is 0 Å². The van der Waals surface area contributed by atoms with Gasteiger partial charge in [0.05, 0.1) is 11.9 Å². The van der Waals surface area contributed by atoms with Crippen molar-refractivity contribution in [2.45, 2.75) is 66.5 Å². The Hall–Kier alpha value is -2.87. The molecule has 35 heavy (non-hydrogen) atoms. The SMILES string of the molecule is CCNC(=O)C(CC)N(Cc1ccccc1C)C(=O)CCCN(c1cc(C)ccc1C)S(C)(=O)=O. The number of amides is 2. The van der Waals surface area contributed by atoms with Crippen LogP contribution in [0.2, 0.25) is 0 Å². The monoisotopic (exact) mass is 501 g/mol. The van der Waals surface area contributed by atoms with Gasteiger partial charge in [-0.25, -0.2) is 8.42 Å². The van der Waals surface area contributed by atoms with E-state index >= 15 is 0 Å². The summed E-state index contributed by atoms with van der Waals surface area (Å²) in [5.74, 6) is -0.342. The Morgan fingerprint density at radius 3 is 2.29 bits per heavy atom. The second-order valence-corrected chi connectivity index (χ2v) is 10.9. The van der Waals surface area contributed by atoms with Gasteiger partial charge in [0.2, 0.25) is 21.8 Å². The summed E-state index contributed by atoms with van der Waals surface area (Å²) in [5.41, 5.74) is 4.49. The molecule has 0 radical (unpaired) electrons. The minimum absolute atomic E-state index is 0.138. The van der Waals surface area contributed by atoms with E-state index in [0.29, 0.717) is 31.6 Å². The Labute approximate surface area is 210 Å². The summed E-state index contributed by atoms with van der Waals surface area (Å²) in [4.78, 5) is 27.8. The summed E-state index contributed by atoms with van der Waals surface area (Å²) in [7, 11) is -3.53. The van der Waals surface area contributed by atoms with Gasteiger partial charge in [-0.15, -0.1) is 0 Å². The van der Waals surface area contributed by atoms with Gasteiger partial charge in [0, 0.05) is 26.1 Å². The molecule has 0 aliphatic rings. The quantitative estimate of drug-likeness (QED) is 0.474. The maximum Gasteiger partial charge on any atom is 0.242 e. The number of carbonyl (C=O) groups is 2. The van der Waals surface area contributed by atoms with E-state index in [9.17, 15) is 18.0 Å². The summed E-state index contributed by atoms with van der Waals surface area (Å²) in [5, 5.41) is 2.84. The zero-order chi connectivity index (χ0) is 26.2. The molecule has 0 heterocycles. The predicted octanol–water partition coefficient (Wildman–Crippen LogP) is 4.10. The standard InChI is InChI=1S/C27H39N3O4S/c1-7-24(27(32)28-8-2)29(19-23-13-10-9-12-21(23)4)26(31)14-11-17-30(35(6,33)34)25-18-20(3)15-16-22(25)5/h9-10,12-13,15-16,18,24H,7-8,11,14,17,19H2,1-6H3,(H,28,32). The van der Waals surface area contributed by atoms with E-state index in [1.165, 1.54) is 10.6 Å². The molecule has 0 aromatic heterocycles. The first-order chi connectivity index (χ1) is 16.5. The van der Waals surface area contributed by atoms with Crippen molar-refractivity contribution in [2.75, 3.05) is 23.7 Å². The van der Waals surface area contributed by atoms with Gasteiger partial charge in [-0.1, -0.05) is 43.3 Å². The lowest BCUT2D eigenvalue weighted by atomic mass is 10.1. The van der Waals surface area contributed by atoms with Gasteiger partial charge < -0.3 is 10.2 Å². The fourth-order valence-corrected chi connectivity index (χ4v) is 5.17. The fraction of sp³-hybridized carbons (Fsp3) is 0.481. The van der Waals surface area contributed by atoms with Crippen LogP contribution in [0.25, 0.3) is 0 Å². The highest BCUT2D eigenvalue weighted by Crippen LogP contribution is 2.25. The largest absolute Gasteiger partial charge is 0.355 e. The van der Waals surface area contributed by atoms with E-state index < -0.39 is 16.1 Å². The Morgan fingerprint density at radius 1 is 1.00 bits per heavy atom. The molecule has 0 aliphatic carbocycles. The number of aryl methyl sites for hydroxylation is 3. The van der Waals surface area contributed by atoms with Crippen molar-refractivity contribution in [3.8, 4) is 0 Å². The minimum Gasteiger partial charge on any atom is -0.355 e. The molecule has 2 amide bonds. The van der Waals surface area contributed by atoms with E-state index in [0.717, 1.165) is 22.3 Å². The molecule has 0 aliphatic heterocycles. The number of nitrogens with zero attached hydrogens (tertiary/aromatic N) is 2. The van der Waals surface area contributed by atoms with Crippen molar-refractivity contribution < 1.29 is 18.0 Å². The number of hydrogen-bond donors (Lipinski definition) is 1. The lowest BCUT2D eigenvalue weighted by Gasteiger charge is -2.31. The molecule has 2 aromatic rings. The van der Waals surface area contributed by atoms with E-state index in [1.807, 2.05) is 77.1 Å². The third kappa shape index (κ3) is 7.82. The highest BCUT2D eigenvalue weighted by Gasteiger charge is 2.29. The number of carbonyl (C=O) groups excluding carboxylic acids is 2. The first kappa shape index (κ1) is 28.4.